The van der Waals surface area contributed by atoms with Crippen molar-refractivity contribution in [2.45, 2.75) is 54.8 Å². The number of pyridine rings is 1. The molecule has 6 heteroatoms. The lowest BCUT2D eigenvalue weighted by Crippen LogP contribution is -2.57. The minimum atomic E-state index is 0.118. The molecule has 2 saturated heterocycles. The predicted octanol–water partition coefficient (Wildman–Crippen LogP) is 3.99. The first-order valence-electron chi connectivity index (χ1n) is 10.9. The van der Waals surface area contributed by atoms with Gasteiger partial charge < -0.3 is 9.80 Å². The molecular formula is C24H27N3O2S. The van der Waals surface area contributed by atoms with Gasteiger partial charge in [0.05, 0.1) is 0 Å². The zero-order valence-electron chi connectivity index (χ0n) is 17.1. The molecule has 2 amide bonds. The van der Waals surface area contributed by atoms with Gasteiger partial charge in [0.1, 0.15) is 0 Å². The van der Waals surface area contributed by atoms with Gasteiger partial charge >= 0.3 is 0 Å². The number of aromatic nitrogens is 1. The molecule has 5 nitrogen and oxygen atoms in total. The number of rotatable bonds is 5. The van der Waals surface area contributed by atoms with Crippen molar-refractivity contribution in [3.05, 3.63) is 59.9 Å². The molecule has 2 aliphatic heterocycles. The third-order valence-corrected chi connectivity index (χ3v) is 7.61. The zero-order chi connectivity index (χ0) is 20.5. The van der Waals surface area contributed by atoms with Crippen molar-refractivity contribution >= 4 is 23.6 Å². The van der Waals surface area contributed by atoms with Crippen LogP contribution >= 0.6 is 11.8 Å². The van der Waals surface area contributed by atoms with Crippen LogP contribution in [0.3, 0.4) is 0 Å². The van der Waals surface area contributed by atoms with E-state index in [1.807, 2.05) is 41.4 Å². The van der Waals surface area contributed by atoms with Crippen LogP contribution in [0.2, 0.25) is 0 Å². The van der Waals surface area contributed by atoms with Crippen molar-refractivity contribution in [1.29, 1.82) is 0 Å². The van der Waals surface area contributed by atoms with Crippen LogP contribution in [-0.2, 0) is 10.5 Å². The number of fused-ring (bicyclic) bond motifs is 1. The fourth-order valence-electron chi connectivity index (χ4n) is 4.83. The van der Waals surface area contributed by atoms with Crippen LogP contribution in [0.1, 0.15) is 48.0 Å². The molecule has 0 unspecified atom stereocenters. The van der Waals surface area contributed by atoms with Crippen molar-refractivity contribution in [3.63, 3.8) is 0 Å². The number of piperidine rings is 2. The van der Waals surface area contributed by atoms with Gasteiger partial charge in [-0.2, -0.15) is 0 Å². The van der Waals surface area contributed by atoms with E-state index in [1.54, 1.807) is 18.0 Å². The van der Waals surface area contributed by atoms with Gasteiger partial charge in [-0.1, -0.05) is 6.07 Å². The molecule has 1 saturated carbocycles. The maximum absolute atomic E-state index is 13.1. The maximum atomic E-state index is 13.1. The lowest BCUT2D eigenvalue weighted by molar-refractivity contribution is -0.141. The number of likely N-dealkylation sites (tertiary alicyclic amines) is 2. The van der Waals surface area contributed by atoms with E-state index in [9.17, 15) is 9.59 Å². The second-order valence-electron chi connectivity index (χ2n) is 8.61. The number of amides is 2. The molecule has 0 bridgehead atoms. The van der Waals surface area contributed by atoms with E-state index < -0.39 is 0 Å². The van der Waals surface area contributed by atoms with Crippen molar-refractivity contribution in [2.75, 3.05) is 13.1 Å². The number of carbonyl (C=O) groups is 2. The van der Waals surface area contributed by atoms with Crippen LogP contribution in [0.25, 0.3) is 0 Å². The van der Waals surface area contributed by atoms with Gasteiger partial charge in [0, 0.05) is 60.2 Å². The van der Waals surface area contributed by atoms with E-state index in [0.29, 0.717) is 30.3 Å². The Morgan fingerprint density at radius 3 is 2.67 bits per heavy atom. The molecule has 0 N–H and O–H groups in total. The van der Waals surface area contributed by atoms with E-state index in [2.05, 4.69) is 16.0 Å². The van der Waals surface area contributed by atoms with Gasteiger partial charge in [-0.3, -0.25) is 14.6 Å². The Balaban J connectivity index is 1.19. The molecule has 0 radical (unpaired) electrons. The Morgan fingerprint density at radius 1 is 1.10 bits per heavy atom. The third-order valence-electron chi connectivity index (χ3n) is 6.53. The predicted molar refractivity (Wildman–Crippen MR) is 117 cm³/mol. The molecule has 2 atom stereocenters. The van der Waals surface area contributed by atoms with E-state index >= 15 is 0 Å². The number of nitrogens with zero attached hydrogens (tertiary/aromatic N) is 3. The maximum Gasteiger partial charge on any atom is 0.253 e. The largest absolute Gasteiger partial charge is 0.338 e. The average molecular weight is 422 g/mol. The summed E-state index contributed by atoms with van der Waals surface area (Å²) in [5.74, 6) is 1.74. The summed E-state index contributed by atoms with van der Waals surface area (Å²) in [5.41, 5.74) is 1.95. The monoisotopic (exact) mass is 421 g/mol. The van der Waals surface area contributed by atoms with Gasteiger partial charge in [-0.05, 0) is 67.5 Å². The van der Waals surface area contributed by atoms with Crippen LogP contribution in [0.4, 0.5) is 0 Å². The third kappa shape index (κ3) is 4.10. The van der Waals surface area contributed by atoms with Gasteiger partial charge in [-0.15, -0.1) is 11.8 Å². The number of benzene rings is 1. The van der Waals surface area contributed by atoms with Crippen molar-refractivity contribution in [3.8, 4) is 0 Å². The second kappa shape index (κ2) is 8.42. The molecule has 3 heterocycles. The quantitative estimate of drug-likeness (QED) is 0.685. The Bertz CT molecular complexity index is 914. The Morgan fingerprint density at radius 2 is 1.93 bits per heavy atom. The fourth-order valence-corrected chi connectivity index (χ4v) is 5.66. The summed E-state index contributed by atoms with van der Waals surface area (Å²) in [6, 6.07) is 12.8. The minimum Gasteiger partial charge on any atom is -0.338 e. The standard InChI is InChI=1S/C24H27N3O2S/c28-23-10-5-19-15-26(13-11-22(19)27(23)20-6-7-20)24(29)18-3-8-21(9-4-18)30-16-17-2-1-12-25-14-17/h1-4,8-9,12,14,19-20,22H,5-7,10-11,13,15-16H2/t19-,22-/m1/s1. The summed E-state index contributed by atoms with van der Waals surface area (Å²) in [7, 11) is 0. The molecule has 1 aromatic carbocycles. The lowest BCUT2D eigenvalue weighted by Gasteiger charge is -2.47. The summed E-state index contributed by atoms with van der Waals surface area (Å²) in [5, 5.41) is 0. The van der Waals surface area contributed by atoms with E-state index in [0.717, 1.165) is 55.0 Å². The Kier molecular flexibility index (Phi) is 5.50. The van der Waals surface area contributed by atoms with Gasteiger partial charge in [0.25, 0.3) is 5.91 Å². The second-order valence-corrected chi connectivity index (χ2v) is 9.66. The van der Waals surface area contributed by atoms with Crippen LogP contribution in [0.5, 0.6) is 0 Å². The highest BCUT2D eigenvalue weighted by Gasteiger charge is 2.45. The van der Waals surface area contributed by atoms with Gasteiger partial charge in [0.15, 0.2) is 0 Å². The molecule has 0 spiro atoms. The van der Waals surface area contributed by atoms with Crippen LogP contribution in [0, 0.1) is 5.92 Å². The normalized spacial score (nSPS) is 23.9. The molecule has 3 aliphatic rings. The molecule has 5 rings (SSSR count). The Hall–Kier alpha value is -2.34. The van der Waals surface area contributed by atoms with Crippen molar-refractivity contribution in [2.24, 2.45) is 5.92 Å². The Labute approximate surface area is 181 Å². The van der Waals surface area contributed by atoms with Gasteiger partial charge in [-0.25, -0.2) is 0 Å². The number of carbonyl (C=O) groups excluding carboxylic acids is 2. The summed E-state index contributed by atoms with van der Waals surface area (Å²) in [6.07, 6.45) is 8.45. The van der Waals surface area contributed by atoms with E-state index in [1.165, 1.54) is 5.56 Å². The highest BCUT2D eigenvalue weighted by molar-refractivity contribution is 7.98. The molecule has 1 aliphatic carbocycles. The van der Waals surface area contributed by atoms with Gasteiger partial charge in [0.2, 0.25) is 5.91 Å². The summed E-state index contributed by atoms with van der Waals surface area (Å²) < 4.78 is 0. The SMILES string of the molecule is O=C(c1ccc(SCc2cccnc2)cc1)N1CC[C@@H]2[C@H](CCC(=O)N2C2CC2)C1. The van der Waals surface area contributed by atoms with Crippen LogP contribution in [0.15, 0.2) is 53.7 Å². The minimum absolute atomic E-state index is 0.118. The van der Waals surface area contributed by atoms with Crippen LogP contribution in [-0.4, -0.2) is 51.8 Å². The summed E-state index contributed by atoms with van der Waals surface area (Å²) in [4.78, 5) is 34.9. The first-order valence-corrected chi connectivity index (χ1v) is 11.9. The highest BCUT2D eigenvalue weighted by Crippen LogP contribution is 2.39. The number of hydrogen-bond donors (Lipinski definition) is 0. The number of hydrogen-bond acceptors (Lipinski definition) is 4. The first kappa shape index (κ1) is 19.6. The first-order chi connectivity index (χ1) is 14.7. The highest BCUT2D eigenvalue weighted by atomic mass is 32.2. The zero-order valence-corrected chi connectivity index (χ0v) is 17.9. The molecule has 2 aromatic rings. The molecule has 30 heavy (non-hydrogen) atoms. The summed E-state index contributed by atoms with van der Waals surface area (Å²) >= 11 is 1.75. The van der Waals surface area contributed by atoms with E-state index in [-0.39, 0.29) is 5.91 Å². The van der Waals surface area contributed by atoms with Crippen molar-refractivity contribution in [1.82, 2.24) is 14.8 Å². The lowest BCUT2D eigenvalue weighted by atomic mass is 9.83. The molecular weight excluding hydrogens is 394 g/mol. The fraction of sp³-hybridized carbons (Fsp3) is 0.458. The number of thioether (sulfide) groups is 1. The summed E-state index contributed by atoms with van der Waals surface area (Å²) in [6.45, 7) is 1.52. The van der Waals surface area contributed by atoms with Crippen LogP contribution < -0.4 is 0 Å². The molecule has 156 valence electrons. The molecule has 3 fully saturated rings. The average Bonchev–Trinajstić information content (AvgIpc) is 3.63. The van der Waals surface area contributed by atoms with Crippen molar-refractivity contribution < 1.29 is 9.59 Å². The molecule has 1 aromatic heterocycles. The topological polar surface area (TPSA) is 53.5 Å². The smallest absolute Gasteiger partial charge is 0.253 e. The van der Waals surface area contributed by atoms with E-state index in [4.69, 9.17) is 0 Å².